The van der Waals surface area contributed by atoms with Crippen LogP contribution in [0, 0.1) is 31.0 Å². The third kappa shape index (κ3) is 5.26. The minimum absolute atomic E-state index is 0.0113. The van der Waals surface area contributed by atoms with Crippen molar-refractivity contribution in [3.05, 3.63) is 46.5 Å². The van der Waals surface area contributed by atoms with Crippen LogP contribution < -0.4 is 5.32 Å². The molecule has 2 atom stereocenters. The number of nitriles is 1. The Morgan fingerprint density at radius 3 is 2.75 bits per heavy atom. The number of aryl methyl sites for hydroxylation is 2. The Kier molecular flexibility index (Phi) is 7.08. The van der Waals surface area contributed by atoms with Crippen LogP contribution >= 0.6 is 11.8 Å². The summed E-state index contributed by atoms with van der Waals surface area (Å²) in [5, 5.41) is 16.2. The van der Waals surface area contributed by atoms with Crippen LogP contribution in [0.15, 0.2) is 35.2 Å². The van der Waals surface area contributed by atoms with Gasteiger partial charge in [-0.1, -0.05) is 51.4 Å². The first kappa shape index (κ1) is 21.8. The predicted molar refractivity (Wildman–Crippen MR) is 117 cm³/mol. The molecule has 0 saturated heterocycles. The normalized spacial score (nSPS) is 12.9. The number of carbonyl (C=O) groups is 1. The van der Waals surface area contributed by atoms with Crippen LogP contribution in [-0.2, 0) is 4.79 Å². The number of carbonyl (C=O) groups excluding carboxylic acids is 1. The summed E-state index contributed by atoms with van der Waals surface area (Å²) in [7, 11) is 0. The van der Waals surface area contributed by atoms with Crippen molar-refractivity contribution in [1.82, 2.24) is 14.6 Å². The molecule has 28 heavy (non-hydrogen) atoms. The Morgan fingerprint density at radius 2 is 2.11 bits per heavy atom. The third-order valence-electron chi connectivity index (χ3n) is 4.81. The lowest BCUT2D eigenvalue weighted by molar-refractivity contribution is -0.112. The zero-order valence-electron chi connectivity index (χ0n) is 17.1. The molecule has 6 nitrogen and oxygen atoms in total. The molecule has 1 N–H and O–H groups in total. The number of fused-ring (bicyclic) bond motifs is 1. The quantitative estimate of drug-likeness (QED) is 0.520. The summed E-state index contributed by atoms with van der Waals surface area (Å²) in [5.41, 5.74) is 2.56. The number of thioether (sulfide) groups is 1. The van der Waals surface area contributed by atoms with Crippen molar-refractivity contribution >= 4 is 35.8 Å². The van der Waals surface area contributed by atoms with Gasteiger partial charge in [0.1, 0.15) is 0 Å². The summed E-state index contributed by atoms with van der Waals surface area (Å²) in [4.78, 5) is 18.1. The highest BCUT2D eigenvalue weighted by molar-refractivity contribution is 8.07. The largest absolute Gasteiger partial charge is 0.305 e. The van der Waals surface area contributed by atoms with E-state index in [1.54, 1.807) is 10.6 Å². The van der Waals surface area contributed by atoms with Crippen molar-refractivity contribution in [2.75, 3.05) is 5.32 Å². The van der Waals surface area contributed by atoms with E-state index in [9.17, 15) is 4.79 Å². The lowest BCUT2D eigenvalue weighted by Gasteiger charge is -2.19. The highest BCUT2D eigenvalue weighted by Gasteiger charge is 2.21. The van der Waals surface area contributed by atoms with E-state index in [4.69, 9.17) is 5.26 Å². The summed E-state index contributed by atoms with van der Waals surface area (Å²) in [5.74, 6) is 2.86. The van der Waals surface area contributed by atoms with Crippen molar-refractivity contribution in [2.45, 2.75) is 46.8 Å². The molecule has 0 aliphatic rings. The first-order valence-electron chi connectivity index (χ1n) is 9.22. The molecule has 1 amide bonds. The molecular weight excluding hydrogens is 369 g/mol. The minimum atomic E-state index is -0.306. The Labute approximate surface area is 171 Å². The number of imidazole rings is 1. The van der Waals surface area contributed by atoms with Gasteiger partial charge in [0, 0.05) is 5.97 Å². The van der Waals surface area contributed by atoms with E-state index >= 15 is 0 Å². The van der Waals surface area contributed by atoms with E-state index in [0.29, 0.717) is 10.7 Å². The highest BCUT2D eigenvalue weighted by Crippen LogP contribution is 2.34. The SMILES string of the molecule is C=C(SC(=C)C(C)CC(C)B(C)C#N)C(=O)Nc1cc(C)c2nc(C)cn2n1. The zero-order chi connectivity index (χ0) is 21.0. The van der Waals surface area contributed by atoms with Crippen molar-refractivity contribution < 1.29 is 4.79 Å². The number of anilines is 1. The monoisotopic (exact) mass is 395 g/mol. The zero-order valence-corrected chi connectivity index (χ0v) is 17.9. The van der Waals surface area contributed by atoms with Gasteiger partial charge in [-0.05, 0) is 42.7 Å². The molecule has 2 heterocycles. The maximum absolute atomic E-state index is 12.5. The number of amides is 1. The maximum Gasteiger partial charge on any atom is 0.267 e. The smallest absolute Gasteiger partial charge is 0.267 e. The number of nitrogens with one attached hydrogen (secondary N) is 1. The van der Waals surface area contributed by atoms with Gasteiger partial charge in [-0.25, -0.2) is 14.8 Å². The molecule has 0 radical (unpaired) electrons. The molecule has 0 spiro atoms. The first-order valence-corrected chi connectivity index (χ1v) is 10.0. The van der Waals surface area contributed by atoms with Crippen LogP contribution in [0.4, 0.5) is 5.82 Å². The molecule has 2 aromatic heterocycles. The van der Waals surface area contributed by atoms with Crippen molar-refractivity contribution in [3.63, 3.8) is 0 Å². The Bertz CT molecular complexity index is 961. The molecular formula is C20H26BN5OS. The first-order chi connectivity index (χ1) is 13.1. The average Bonchev–Trinajstić information content (AvgIpc) is 3.01. The van der Waals surface area contributed by atoms with Crippen molar-refractivity contribution in [2.24, 2.45) is 5.92 Å². The molecule has 0 fully saturated rings. The van der Waals surface area contributed by atoms with E-state index < -0.39 is 0 Å². The summed E-state index contributed by atoms with van der Waals surface area (Å²) in [6.45, 7) is 17.8. The molecule has 2 aromatic rings. The van der Waals surface area contributed by atoms with Crippen molar-refractivity contribution in [1.29, 1.82) is 5.26 Å². The molecule has 146 valence electrons. The predicted octanol–water partition coefficient (Wildman–Crippen LogP) is 4.65. The van der Waals surface area contributed by atoms with Gasteiger partial charge in [-0.2, -0.15) is 0 Å². The molecule has 2 rings (SSSR count). The number of allylic oxidation sites excluding steroid dienone is 1. The Balaban J connectivity index is 1.98. The van der Waals surface area contributed by atoms with Crippen LogP contribution in [0.1, 0.15) is 31.5 Å². The third-order valence-corrected chi connectivity index (χ3v) is 5.91. The van der Waals surface area contributed by atoms with E-state index in [1.807, 2.05) is 26.9 Å². The second-order valence-electron chi connectivity index (χ2n) is 7.34. The van der Waals surface area contributed by atoms with Gasteiger partial charge < -0.3 is 5.32 Å². The summed E-state index contributed by atoms with van der Waals surface area (Å²) in [6.07, 6.45) is 2.65. The molecule has 0 aliphatic carbocycles. The second kappa shape index (κ2) is 9.11. The maximum atomic E-state index is 12.5. The van der Waals surface area contributed by atoms with E-state index in [-0.39, 0.29) is 24.4 Å². The van der Waals surface area contributed by atoms with E-state index in [0.717, 1.165) is 28.2 Å². The number of hydrogen-bond acceptors (Lipinski definition) is 5. The molecule has 0 saturated carbocycles. The summed E-state index contributed by atoms with van der Waals surface area (Å²) in [6, 6.07) is 1.79. The fourth-order valence-electron chi connectivity index (χ4n) is 2.82. The lowest BCUT2D eigenvalue weighted by atomic mass is 9.43. The molecule has 8 heteroatoms. The molecule has 0 aliphatic heterocycles. The number of nitrogens with zero attached hydrogens (tertiary/aromatic N) is 4. The van der Waals surface area contributed by atoms with Crippen LogP contribution in [0.25, 0.3) is 5.65 Å². The number of hydrogen-bond donors (Lipinski definition) is 1. The van der Waals surface area contributed by atoms with Crippen LogP contribution in [0.5, 0.6) is 0 Å². The van der Waals surface area contributed by atoms with E-state index in [1.165, 1.54) is 11.8 Å². The lowest BCUT2D eigenvalue weighted by Crippen LogP contribution is -2.16. The van der Waals surface area contributed by atoms with Crippen LogP contribution in [0.2, 0.25) is 12.6 Å². The topological polar surface area (TPSA) is 83.1 Å². The van der Waals surface area contributed by atoms with Gasteiger partial charge in [0.25, 0.3) is 12.6 Å². The second-order valence-corrected chi connectivity index (χ2v) is 8.56. The molecule has 0 bridgehead atoms. The standard InChI is InChI=1S/C20H26BN5OS/c1-12(8-14(3)21(7)11-22)16(5)28-17(6)20(27)24-18-9-13(2)19-23-15(4)10-26(19)25-18/h9-10,12,14H,5-6,8H2,1-4,7H3,(H,24,25,27). The fourth-order valence-corrected chi connectivity index (χ4v) is 3.58. The van der Waals surface area contributed by atoms with E-state index in [2.05, 4.69) is 48.4 Å². The molecule has 0 aromatic carbocycles. The van der Waals surface area contributed by atoms with Gasteiger partial charge in [0.05, 0.1) is 16.8 Å². The van der Waals surface area contributed by atoms with Crippen LogP contribution in [-0.4, -0.2) is 27.2 Å². The van der Waals surface area contributed by atoms with Gasteiger partial charge >= 0.3 is 0 Å². The van der Waals surface area contributed by atoms with Gasteiger partial charge in [-0.3, -0.25) is 4.79 Å². The average molecular weight is 395 g/mol. The number of aromatic nitrogens is 3. The minimum Gasteiger partial charge on any atom is -0.305 e. The Morgan fingerprint density at radius 1 is 1.43 bits per heavy atom. The highest BCUT2D eigenvalue weighted by atomic mass is 32.2. The van der Waals surface area contributed by atoms with Gasteiger partial charge in [0.15, 0.2) is 11.5 Å². The molecule has 2 unspecified atom stereocenters. The Hall–Kier alpha value is -2.53. The van der Waals surface area contributed by atoms with Gasteiger partial charge in [-0.15, -0.1) is 5.10 Å². The summed E-state index contributed by atoms with van der Waals surface area (Å²) < 4.78 is 1.66. The van der Waals surface area contributed by atoms with Gasteiger partial charge in [0.2, 0.25) is 0 Å². The van der Waals surface area contributed by atoms with Crippen LogP contribution in [0.3, 0.4) is 0 Å². The number of rotatable bonds is 8. The fraction of sp³-hybridized carbons (Fsp3) is 0.400. The summed E-state index contributed by atoms with van der Waals surface area (Å²) >= 11 is 1.28. The van der Waals surface area contributed by atoms with Crippen molar-refractivity contribution in [3.8, 4) is 5.97 Å².